The van der Waals surface area contributed by atoms with E-state index in [0.717, 1.165) is 22.3 Å². The SMILES string of the molecule is Cc1cc(=O)[nH]c2c1c(C)nn2-c1cccc(Cl)c1. The quantitative estimate of drug-likeness (QED) is 0.741. The van der Waals surface area contributed by atoms with Gasteiger partial charge in [0.2, 0.25) is 5.56 Å². The minimum Gasteiger partial charge on any atom is -0.306 e. The third-order valence-electron chi connectivity index (χ3n) is 3.10. The molecule has 0 bridgehead atoms. The van der Waals surface area contributed by atoms with E-state index in [9.17, 15) is 4.79 Å². The second-order valence-corrected chi connectivity index (χ2v) is 4.95. The number of nitrogens with zero attached hydrogens (tertiary/aromatic N) is 2. The predicted octanol–water partition coefficient (Wildman–Crippen LogP) is 2.98. The number of rotatable bonds is 1. The van der Waals surface area contributed by atoms with Crippen LogP contribution in [0.15, 0.2) is 35.1 Å². The Kier molecular flexibility index (Phi) is 2.68. The molecule has 3 rings (SSSR count). The molecule has 0 fully saturated rings. The van der Waals surface area contributed by atoms with Crippen molar-refractivity contribution in [3.05, 3.63) is 57.0 Å². The molecule has 3 aromatic rings. The molecule has 19 heavy (non-hydrogen) atoms. The zero-order valence-corrected chi connectivity index (χ0v) is 11.3. The van der Waals surface area contributed by atoms with Crippen molar-refractivity contribution in [2.45, 2.75) is 13.8 Å². The predicted molar refractivity (Wildman–Crippen MR) is 76.2 cm³/mol. The second-order valence-electron chi connectivity index (χ2n) is 4.52. The van der Waals surface area contributed by atoms with Gasteiger partial charge in [0, 0.05) is 16.5 Å². The van der Waals surface area contributed by atoms with Crippen LogP contribution in [0.25, 0.3) is 16.7 Å². The highest BCUT2D eigenvalue weighted by molar-refractivity contribution is 6.30. The van der Waals surface area contributed by atoms with Crippen molar-refractivity contribution in [3.8, 4) is 5.69 Å². The number of H-pyrrole nitrogens is 1. The fourth-order valence-corrected chi connectivity index (χ4v) is 2.52. The van der Waals surface area contributed by atoms with Gasteiger partial charge in [-0.3, -0.25) is 4.79 Å². The maximum Gasteiger partial charge on any atom is 0.249 e. The lowest BCUT2D eigenvalue weighted by atomic mass is 10.2. The maximum absolute atomic E-state index is 11.6. The van der Waals surface area contributed by atoms with Gasteiger partial charge in [-0.1, -0.05) is 17.7 Å². The zero-order chi connectivity index (χ0) is 13.6. The third-order valence-corrected chi connectivity index (χ3v) is 3.33. The van der Waals surface area contributed by atoms with Crippen LogP contribution in [0.3, 0.4) is 0 Å². The summed E-state index contributed by atoms with van der Waals surface area (Å²) in [6, 6.07) is 8.96. The number of aromatic amines is 1. The van der Waals surface area contributed by atoms with Gasteiger partial charge in [-0.05, 0) is 37.6 Å². The Morgan fingerprint density at radius 1 is 1.26 bits per heavy atom. The number of fused-ring (bicyclic) bond motifs is 1. The molecule has 0 unspecified atom stereocenters. The molecule has 96 valence electrons. The number of hydrogen-bond acceptors (Lipinski definition) is 2. The molecule has 5 heteroatoms. The van der Waals surface area contributed by atoms with Crippen LogP contribution in [-0.4, -0.2) is 14.8 Å². The van der Waals surface area contributed by atoms with Gasteiger partial charge in [-0.15, -0.1) is 0 Å². The fourth-order valence-electron chi connectivity index (χ4n) is 2.33. The molecule has 0 saturated heterocycles. The Morgan fingerprint density at radius 2 is 2.05 bits per heavy atom. The summed E-state index contributed by atoms with van der Waals surface area (Å²) in [5, 5.41) is 6.10. The largest absolute Gasteiger partial charge is 0.306 e. The molecule has 0 radical (unpaired) electrons. The summed E-state index contributed by atoms with van der Waals surface area (Å²) in [5.74, 6) is 0. The van der Waals surface area contributed by atoms with Gasteiger partial charge in [0.05, 0.1) is 11.4 Å². The van der Waals surface area contributed by atoms with Crippen LogP contribution >= 0.6 is 11.6 Å². The van der Waals surface area contributed by atoms with Crippen molar-refractivity contribution in [2.24, 2.45) is 0 Å². The molecule has 0 saturated carbocycles. The highest BCUT2D eigenvalue weighted by atomic mass is 35.5. The van der Waals surface area contributed by atoms with E-state index < -0.39 is 0 Å². The molecule has 0 aliphatic carbocycles. The van der Waals surface area contributed by atoms with Gasteiger partial charge in [0.25, 0.3) is 0 Å². The molecular weight excluding hydrogens is 262 g/mol. The van der Waals surface area contributed by atoms with Crippen molar-refractivity contribution >= 4 is 22.6 Å². The summed E-state index contributed by atoms with van der Waals surface area (Å²) in [6.07, 6.45) is 0. The molecule has 0 amide bonds. The average Bonchev–Trinajstić information content (AvgIpc) is 2.66. The highest BCUT2D eigenvalue weighted by Gasteiger charge is 2.12. The Bertz CT molecular complexity index is 832. The van der Waals surface area contributed by atoms with E-state index in [2.05, 4.69) is 10.1 Å². The first-order valence-corrected chi connectivity index (χ1v) is 6.29. The molecule has 0 atom stereocenters. The summed E-state index contributed by atoms with van der Waals surface area (Å²) in [7, 11) is 0. The Balaban J connectivity index is 2.40. The topological polar surface area (TPSA) is 50.7 Å². The number of pyridine rings is 1. The fraction of sp³-hybridized carbons (Fsp3) is 0.143. The first-order valence-electron chi connectivity index (χ1n) is 5.91. The van der Waals surface area contributed by atoms with E-state index in [1.165, 1.54) is 0 Å². The lowest BCUT2D eigenvalue weighted by Gasteiger charge is -2.03. The number of halogens is 1. The van der Waals surface area contributed by atoms with Gasteiger partial charge in [0.1, 0.15) is 5.65 Å². The average molecular weight is 274 g/mol. The first kappa shape index (κ1) is 12.0. The summed E-state index contributed by atoms with van der Waals surface area (Å²) in [6.45, 7) is 3.84. The molecule has 2 heterocycles. The molecule has 2 aromatic heterocycles. The Hall–Kier alpha value is -2.07. The van der Waals surface area contributed by atoms with E-state index in [-0.39, 0.29) is 5.56 Å². The summed E-state index contributed by atoms with van der Waals surface area (Å²) < 4.78 is 1.71. The van der Waals surface area contributed by atoms with Gasteiger partial charge in [-0.25, -0.2) is 4.68 Å². The maximum atomic E-state index is 11.6. The lowest BCUT2D eigenvalue weighted by Crippen LogP contribution is -2.07. The Labute approximate surface area is 114 Å². The number of benzene rings is 1. The minimum atomic E-state index is -0.131. The van der Waals surface area contributed by atoms with E-state index in [1.54, 1.807) is 16.8 Å². The number of aromatic nitrogens is 3. The smallest absolute Gasteiger partial charge is 0.249 e. The van der Waals surface area contributed by atoms with Crippen molar-refractivity contribution in [1.82, 2.24) is 14.8 Å². The molecule has 1 aromatic carbocycles. The highest BCUT2D eigenvalue weighted by Crippen LogP contribution is 2.23. The van der Waals surface area contributed by atoms with E-state index >= 15 is 0 Å². The molecule has 4 nitrogen and oxygen atoms in total. The van der Waals surface area contributed by atoms with E-state index in [4.69, 9.17) is 11.6 Å². The second kappa shape index (κ2) is 4.24. The van der Waals surface area contributed by atoms with Crippen LogP contribution in [-0.2, 0) is 0 Å². The molecule has 0 aliphatic rings. The number of aryl methyl sites for hydroxylation is 2. The van der Waals surface area contributed by atoms with Gasteiger partial charge >= 0.3 is 0 Å². The third kappa shape index (κ3) is 1.94. The van der Waals surface area contributed by atoms with Crippen LogP contribution in [0, 0.1) is 13.8 Å². The molecule has 1 N–H and O–H groups in total. The van der Waals surface area contributed by atoms with Crippen molar-refractivity contribution in [1.29, 1.82) is 0 Å². The molecular formula is C14H12ClN3O. The van der Waals surface area contributed by atoms with Crippen LogP contribution in [0.5, 0.6) is 0 Å². The Morgan fingerprint density at radius 3 is 2.79 bits per heavy atom. The van der Waals surface area contributed by atoms with E-state index in [1.807, 2.05) is 32.0 Å². The van der Waals surface area contributed by atoms with Crippen LogP contribution < -0.4 is 5.56 Å². The van der Waals surface area contributed by atoms with Gasteiger partial charge < -0.3 is 4.98 Å². The van der Waals surface area contributed by atoms with Gasteiger partial charge in [-0.2, -0.15) is 5.10 Å². The lowest BCUT2D eigenvalue weighted by molar-refractivity contribution is 0.876. The monoisotopic (exact) mass is 273 g/mol. The van der Waals surface area contributed by atoms with Gasteiger partial charge in [0.15, 0.2) is 0 Å². The van der Waals surface area contributed by atoms with Crippen molar-refractivity contribution < 1.29 is 0 Å². The standard InChI is InChI=1S/C14H12ClN3O/c1-8-6-12(19)16-14-13(8)9(2)17-18(14)11-5-3-4-10(15)7-11/h3-7H,1-2H3,(H,16,19). The number of nitrogens with one attached hydrogen (secondary N) is 1. The summed E-state index contributed by atoms with van der Waals surface area (Å²) in [5.41, 5.74) is 3.19. The zero-order valence-electron chi connectivity index (χ0n) is 10.6. The van der Waals surface area contributed by atoms with Crippen LogP contribution in [0.1, 0.15) is 11.3 Å². The molecule has 0 aliphatic heterocycles. The first-order chi connectivity index (χ1) is 9.06. The van der Waals surface area contributed by atoms with Crippen molar-refractivity contribution in [2.75, 3.05) is 0 Å². The van der Waals surface area contributed by atoms with Crippen molar-refractivity contribution in [3.63, 3.8) is 0 Å². The normalized spacial score (nSPS) is 11.1. The van der Waals surface area contributed by atoms with Crippen LogP contribution in [0.2, 0.25) is 5.02 Å². The molecule has 0 spiro atoms. The number of hydrogen-bond donors (Lipinski definition) is 1. The van der Waals surface area contributed by atoms with E-state index in [0.29, 0.717) is 10.7 Å². The minimum absolute atomic E-state index is 0.131. The summed E-state index contributed by atoms with van der Waals surface area (Å²) >= 11 is 6.00. The summed E-state index contributed by atoms with van der Waals surface area (Å²) in [4.78, 5) is 14.5. The van der Waals surface area contributed by atoms with Crippen LogP contribution in [0.4, 0.5) is 0 Å².